The number of hydrogen-bond acceptors (Lipinski definition) is 2. The van der Waals surface area contributed by atoms with Crippen molar-refractivity contribution in [1.82, 2.24) is 10.6 Å². The van der Waals surface area contributed by atoms with Crippen LogP contribution in [0.1, 0.15) is 44.7 Å². The Morgan fingerprint density at radius 1 is 1.14 bits per heavy atom. The highest BCUT2D eigenvalue weighted by atomic mass is 15.2. The van der Waals surface area contributed by atoms with Gasteiger partial charge in [0.15, 0.2) is 5.96 Å². The van der Waals surface area contributed by atoms with E-state index in [4.69, 9.17) is 5.26 Å². The fourth-order valence-corrected chi connectivity index (χ4v) is 2.02. The second-order valence-corrected chi connectivity index (χ2v) is 5.07. The molecule has 0 aromatic heterocycles. The van der Waals surface area contributed by atoms with E-state index in [1.165, 1.54) is 12.8 Å². The minimum atomic E-state index is 0.615. The number of rotatable bonds is 7. The van der Waals surface area contributed by atoms with E-state index >= 15 is 0 Å². The minimum absolute atomic E-state index is 0.615. The molecule has 0 saturated carbocycles. The molecule has 0 spiro atoms. The highest BCUT2D eigenvalue weighted by molar-refractivity contribution is 5.79. The van der Waals surface area contributed by atoms with Crippen LogP contribution in [0.2, 0.25) is 0 Å². The maximum atomic E-state index is 8.79. The van der Waals surface area contributed by atoms with E-state index < -0.39 is 0 Å². The molecule has 4 nitrogen and oxygen atoms in total. The van der Waals surface area contributed by atoms with Gasteiger partial charge in [0.2, 0.25) is 0 Å². The van der Waals surface area contributed by atoms with Gasteiger partial charge in [-0.3, -0.25) is 0 Å². The summed E-state index contributed by atoms with van der Waals surface area (Å²) < 4.78 is 0. The molecule has 0 fully saturated rings. The van der Waals surface area contributed by atoms with E-state index in [1.807, 2.05) is 24.3 Å². The summed E-state index contributed by atoms with van der Waals surface area (Å²) in [6.45, 7) is 8.92. The topological polar surface area (TPSA) is 60.2 Å². The summed E-state index contributed by atoms with van der Waals surface area (Å²) in [5, 5.41) is 15.5. The van der Waals surface area contributed by atoms with Crippen LogP contribution in [0.15, 0.2) is 29.3 Å². The van der Waals surface area contributed by atoms with Crippen LogP contribution in [0.3, 0.4) is 0 Å². The number of nitriles is 1. The van der Waals surface area contributed by atoms with Gasteiger partial charge < -0.3 is 10.6 Å². The van der Waals surface area contributed by atoms with Gasteiger partial charge in [-0.05, 0) is 30.5 Å². The van der Waals surface area contributed by atoms with Crippen LogP contribution in [0.25, 0.3) is 0 Å². The lowest BCUT2D eigenvalue weighted by atomic mass is 10.0. The molecule has 0 unspecified atom stereocenters. The Bertz CT molecular complexity index is 467. The lowest BCUT2D eigenvalue weighted by Gasteiger charge is -2.16. The predicted molar refractivity (Wildman–Crippen MR) is 88.0 cm³/mol. The predicted octanol–water partition coefficient (Wildman–Crippen LogP) is 3.05. The Hall–Kier alpha value is -2.02. The van der Waals surface area contributed by atoms with Crippen LogP contribution >= 0.6 is 0 Å². The molecule has 1 rings (SSSR count). The molecule has 2 N–H and O–H groups in total. The van der Waals surface area contributed by atoms with Gasteiger partial charge in [-0.1, -0.05) is 38.8 Å². The van der Waals surface area contributed by atoms with Crippen LogP contribution < -0.4 is 10.6 Å². The molecule has 0 amide bonds. The molecule has 1 aromatic rings. The van der Waals surface area contributed by atoms with Crippen LogP contribution in [-0.2, 0) is 6.54 Å². The van der Waals surface area contributed by atoms with Gasteiger partial charge in [0.05, 0.1) is 18.2 Å². The lowest BCUT2D eigenvalue weighted by molar-refractivity contribution is 0.481. The van der Waals surface area contributed by atoms with Crippen molar-refractivity contribution in [3.05, 3.63) is 35.4 Å². The molecule has 0 saturated heterocycles. The number of nitrogens with one attached hydrogen (secondary N) is 2. The van der Waals surface area contributed by atoms with E-state index in [0.717, 1.165) is 24.6 Å². The zero-order chi connectivity index (χ0) is 15.5. The molecule has 1 aromatic carbocycles. The molecule has 0 heterocycles. The van der Waals surface area contributed by atoms with Gasteiger partial charge in [-0.25, -0.2) is 4.99 Å². The average molecular weight is 286 g/mol. The molecule has 0 aliphatic rings. The maximum absolute atomic E-state index is 8.79. The van der Waals surface area contributed by atoms with Crippen molar-refractivity contribution in [1.29, 1.82) is 5.26 Å². The lowest BCUT2D eigenvalue weighted by Crippen LogP contribution is -2.39. The highest BCUT2D eigenvalue weighted by Gasteiger charge is 2.04. The standard InChI is InChI=1S/C17H26N4/c1-4-14(5-2)12-20-17(19-6-3)21-13-16-9-7-15(11-18)8-10-16/h7-10,14H,4-6,12-13H2,1-3H3,(H2,19,20,21). The molecule has 0 atom stereocenters. The number of hydrogen-bond donors (Lipinski definition) is 2. The third kappa shape index (κ3) is 6.31. The largest absolute Gasteiger partial charge is 0.357 e. The van der Waals surface area contributed by atoms with Crippen molar-refractivity contribution < 1.29 is 0 Å². The van der Waals surface area contributed by atoms with Crippen molar-refractivity contribution in [2.75, 3.05) is 13.1 Å². The Balaban J connectivity index is 2.59. The SMILES string of the molecule is CCNC(=NCc1ccc(C#N)cc1)NCC(CC)CC. The van der Waals surface area contributed by atoms with E-state index in [2.05, 4.69) is 42.5 Å². The Labute approximate surface area is 128 Å². The molecule has 0 bridgehead atoms. The molecule has 114 valence electrons. The van der Waals surface area contributed by atoms with E-state index in [0.29, 0.717) is 18.0 Å². The van der Waals surface area contributed by atoms with Gasteiger partial charge in [0.1, 0.15) is 0 Å². The first-order chi connectivity index (χ1) is 10.2. The molecule has 21 heavy (non-hydrogen) atoms. The first kappa shape index (κ1) is 17.0. The van der Waals surface area contributed by atoms with E-state index in [-0.39, 0.29) is 0 Å². The first-order valence-corrected chi connectivity index (χ1v) is 7.74. The summed E-state index contributed by atoms with van der Waals surface area (Å²) in [6, 6.07) is 9.68. The van der Waals surface area contributed by atoms with Crippen molar-refractivity contribution in [2.45, 2.75) is 40.2 Å². The highest BCUT2D eigenvalue weighted by Crippen LogP contribution is 2.06. The van der Waals surface area contributed by atoms with E-state index in [9.17, 15) is 0 Å². The third-order valence-corrected chi connectivity index (χ3v) is 3.56. The first-order valence-electron chi connectivity index (χ1n) is 7.74. The van der Waals surface area contributed by atoms with Crippen LogP contribution in [0.4, 0.5) is 0 Å². The molecule has 0 aliphatic carbocycles. The second kappa shape index (κ2) is 9.82. The maximum Gasteiger partial charge on any atom is 0.191 e. The fourth-order valence-electron chi connectivity index (χ4n) is 2.02. The molecule has 4 heteroatoms. The summed E-state index contributed by atoms with van der Waals surface area (Å²) in [6.07, 6.45) is 2.36. The molecular weight excluding hydrogens is 260 g/mol. The van der Waals surface area contributed by atoms with Gasteiger partial charge in [-0.2, -0.15) is 5.26 Å². The molecule has 0 radical (unpaired) electrons. The average Bonchev–Trinajstić information content (AvgIpc) is 2.53. The summed E-state index contributed by atoms with van der Waals surface area (Å²) >= 11 is 0. The summed E-state index contributed by atoms with van der Waals surface area (Å²) in [5.41, 5.74) is 1.79. The van der Waals surface area contributed by atoms with Gasteiger partial charge >= 0.3 is 0 Å². The van der Waals surface area contributed by atoms with Crippen molar-refractivity contribution in [3.63, 3.8) is 0 Å². The Morgan fingerprint density at radius 3 is 2.33 bits per heavy atom. The summed E-state index contributed by atoms with van der Waals surface area (Å²) in [7, 11) is 0. The van der Waals surface area contributed by atoms with Crippen LogP contribution in [0.5, 0.6) is 0 Å². The van der Waals surface area contributed by atoms with Crippen LogP contribution in [0, 0.1) is 17.2 Å². The zero-order valence-corrected chi connectivity index (χ0v) is 13.3. The van der Waals surface area contributed by atoms with E-state index in [1.54, 1.807) is 0 Å². The number of guanidine groups is 1. The Morgan fingerprint density at radius 2 is 1.81 bits per heavy atom. The quantitative estimate of drug-likeness (QED) is 0.598. The Kier molecular flexibility index (Phi) is 7.96. The number of nitrogens with zero attached hydrogens (tertiary/aromatic N) is 2. The van der Waals surface area contributed by atoms with Gasteiger partial charge in [0.25, 0.3) is 0 Å². The van der Waals surface area contributed by atoms with Crippen molar-refractivity contribution in [3.8, 4) is 6.07 Å². The zero-order valence-electron chi connectivity index (χ0n) is 13.3. The monoisotopic (exact) mass is 286 g/mol. The third-order valence-electron chi connectivity index (χ3n) is 3.56. The summed E-state index contributed by atoms with van der Waals surface area (Å²) in [5.74, 6) is 1.54. The molecule has 0 aliphatic heterocycles. The van der Waals surface area contributed by atoms with Gasteiger partial charge in [-0.15, -0.1) is 0 Å². The fraction of sp³-hybridized carbons (Fsp3) is 0.529. The second-order valence-electron chi connectivity index (χ2n) is 5.07. The number of benzene rings is 1. The van der Waals surface area contributed by atoms with Crippen molar-refractivity contribution >= 4 is 5.96 Å². The van der Waals surface area contributed by atoms with Crippen molar-refractivity contribution in [2.24, 2.45) is 10.9 Å². The normalized spacial score (nSPS) is 11.3. The van der Waals surface area contributed by atoms with Crippen LogP contribution in [-0.4, -0.2) is 19.0 Å². The summed E-state index contributed by atoms with van der Waals surface area (Å²) in [4.78, 5) is 4.59. The molecular formula is C17H26N4. The van der Waals surface area contributed by atoms with Gasteiger partial charge in [0, 0.05) is 13.1 Å². The number of aliphatic imine (C=N–C) groups is 1. The smallest absolute Gasteiger partial charge is 0.191 e. The minimum Gasteiger partial charge on any atom is -0.357 e.